The molecule has 0 fully saturated rings. The van der Waals surface area contributed by atoms with Crippen LogP contribution < -0.4 is 5.32 Å². The Bertz CT molecular complexity index is 853. The largest absolute Gasteiger partial charge is 0.348 e. The summed E-state index contributed by atoms with van der Waals surface area (Å²) in [5.74, 6) is -0.449. The molecule has 118 valence electrons. The van der Waals surface area contributed by atoms with E-state index < -0.39 is 0 Å². The van der Waals surface area contributed by atoms with Gasteiger partial charge in [0.15, 0.2) is 0 Å². The first kappa shape index (κ1) is 15.2. The van der Waals surface area contributed by atoms with Gasteiger partial charge in [0.1, 0.15) is 11.5 Å². The average Bonchev–Trinajstić information content (AvgIpc) is 2.89. The number of rotatable bonds is 4. The van der Waals surface area contributed by atoms with E-state index in [0.717, 1.165) is 29.0 Å². The zero-order chi connectivity index (χ0) is 16.4. The summed E-state index contributed by atoms with van der Waals surface area (Å²) in [5, 5.41) is 2.84. The van der Waals surface area contributed by atoms with Crippen molar-refractivity contribution in [2.24, 2.45) is 0 Å². The minimum Gasteiger partial charge on any atom is -0.348 e. The van der Waals surface area contributed by atoms with E-state index in [0.29, 0.717) is 12.1 Å². The van der Waals surface area contributed by atoms with Gasteiger partial charge in [-0.3, -0.25) is 4.79 Å². The Kier molecular flexibility index (Phi) is 4.10. The molecule has 2 aromatic heterocycles. The molecule has 0 aliphatic heterocycles. The Labute approximate surface area is 134 Å². The highest BCUT2D eigenvalue weighted by molar-refractivity contribution is 5.94. The molecule has 0 saturated heterocycles. The first-order valence-electron chi connectivity index (χ1n) is 7.58. The highest BCUT2D eigenvalue weighted by atomic mass is 19.1. The van der Waals surface area contributed by atoms with Crippen molar-refractivity contribution in [3.05, 3.63) is 70.9 Å². The third-order valence-corrected chi connectivity index (χ3v) is 3.92. The number of aromatic nitrogens is 2. The maximum absolute atomic E-state index is 12.9. The van der Waals surface area contributed by atoms with Crippen molar-refractivity contribution in [2.75, 3.05) is 0 Å². The van der Waals surface area contributed by atoms with Crippen molar-refractivity contribution in [1.29, 1.82) is 0 Å². The maximum atomic E-state index is 12.9. The predicted octanol–water partition coefficient (Wildman–Crippen LogP) is 3.27. The van der Waals surface area contributed by atoms with Crippen LogP contribution in [0.5, 0.6) is 0 Å². The van der Waals surface area contributed by atoms with Crippen LogP contribution in [0.4, 0.5) is 4.39 Å². The van der Waals surface area contributed by atoms with Gasteiger partial charge >= 0.3 is 0 Å². The van der Waals surface area contributed by atoms with Gasteiger partial charge in [0.25, 0.3) is 5.91 Å². The lowest BCUT2D eigenvalue weighted by atomic mass is 10.2. The lowest BCUT2D eigenvalue weighted by molar-refractivity contribution is 0.0950. The van der Waals surface area contributed by atoms with E-state index in [2.05, 4.69) is 17.2 Å². The van der Waals surface area contributed by atoms with Crippen molar-refractivity contribution in [3.8, 4) is 0 Å². The molecule has 0 radical (unpaired) electrons. The Morgan fingerprint density at radius 2 is 1.96 bits per heavy atom. The number of benzene rings is 1. The fourth-order valence-electron chi connectivity index (χ4n) is 2.57. The monoisotopic (exact) mass is 311 g/mol. The zero-order valence-electron chi connectivity index (χ0n) is 13.1. The van der Waals surface area contributed by atoms with Crippen LogP contribution in [-0.4, -0.2) is 15.3 Å². The molecule has 3 rings (SSSR count). The number of nitrogens with zero attached hydrogens (tertiary/aromatic N) is 2. The molecule has 0 saturated carbocycles. The van der Waals surface area contributed by atoms with E-state index in [-0.39, 0.29) is 11.7 Å². The molecule has 4 nitrogen and oxygen atoms in total. The summed E-state index contributed by atoms with van der Waals surface area (Å²) in [6.07, 6.45) is 2.66. The molecule has 23 heavy (non-hydrogen) atoms. The molecule has 3 aromatic rings. The Hall–Kier alpha value is -2.69. The van der Waals surface area contributed by atoms with Crippen molar-refractivity contribution in [3.63, 3.8) is 0 Å². The molecule has 0 spiro atoms. The molecule has 1 N–H and O–H groups in total. The van der Waals surface area contributed by atoms with Crippen LogP contribution >= 0.6 is 0 Å². The normalized spacial score (nSPS) is 10.9. The summed E-state index contributed by atoms with van der Waals surface area (Å²) < 4.78 is 14.8. The number of imidazole rings is 1. The van der Waals surface area contributed by atoms with Crippen LogP contribution in [0.2, 0.25) is 0 Å². The minimum absolute atomic E-state index is 0.164. The maximum Gasteiger partial charge on any atom is 0.253 e. The van der Waals surface area contributed by atoms with E-state index >= 15 is 0 Å². The summed E-state index contributed by atoms with van der Waals surface area (Å²) in [7, 11) is 0. The van der Waals surface area contributed by atoms with Crippen LogP contribution in [0.25, 0.3) is 5.65 Å². The van der Waals surface area contributed by atoms with E-state index in [9.17, 15) is 9.18 Å². The Morgan fingerprint density at radius 1 is 1.22 bits per heavy atom. The second-order valence-electron chi connectivity index (χ2n) is 5.45. The summed E-state index contributed by atoms with van der Waals surface area (Å²) >= 11 is 0. The molecule has 0 unspecified atom stereocenters. The van der Waals surface area contributed by atoms with Gasteiger partial charge in [-0.1, -0.05) is 19.1 Å². The van der Waals surface area contributed by atoms with E-state index in [1.165, 1.54) is 12.1 Å². The fraction of sp³-hybridized carbons (Fsp3) is 0.222. The van der Waals surface area contributed by atoms with Crippen molar-refractivity contribution >= 4 is 11.6 Å². The van der Waals surface area contributed by atoms with Crippen molar-refractivity contribution in [1.82, 2.24) is 14.7 Å². The van der Waals surface area contributed by atoms with Gasteiger partial charge in [0, 0.05) is 18.4 Å². The number of carbonyl (C=O) groups is 1. The number of amides is 1. The number of carbonyl (C=O) groups excluding carboxylic acids is 1. The summed E-state index contributed by atoms with van der Waals surface area (Å²) in [4.78, 5) is 16.8. The molecular weight excluding hydrogens is 293 g/mol. The average molecular weight is 311 g/mol. The topological polar surface area (TPSA) is 46.4 Å². The number of hydrogen-bond acceptors (Lipinski definition) is 2. The fourth-order valence-corrected chi connectivity index (χ4v) is 2.57. The number of hydrogen-bond donors (Lipinski definition) is 1. The number of fused-ring (bicyclic) bond motifs is 1. The second kappa shape index (κ2) is 6.20. The lowest BCUT2D eigenvalue weighted by Crippen LogP contribution is -2.23. The van der Waals surface area contributed by atoms with Gasteiger partial charge in [-0.25, -0.2) is 9.37 Å². The quantitative estimate of drug-likeness (QED) is 0.804. The number of aryl methyl sites for hydroxylation is 2. The second-order valence-corrected chi connectivity index (χ2v) is 5.45. The highest BCUT2D eigenvalue weighted by Gasteiger charge is 2.10. The number of halogens is 1. The van der Waals surface area contributed by atoms with E-state index in [1.807, 2.05) is 17.4 Å². The Balaban J connectivity index is 1.77. The summed E-state index contributed by atoms with van der Waals surface area (Å²) in [5.41, 5.74) is 4.36. The van der Waals surface area contributed by atoms with Crippen LogP contribution in [0.1, 0.15) is 34.2 Å². The smallest absolute Gasteiger partial charge is 0.253 e. The SMILES string of the molecule is CCc1nc2ccc(C(=O)NCc3ccc(F)cc3)cn2c1C. The minimum atomic E-state index is -0.284. The molecule has 1 aromatic carbocycles. The molecule has 1 amide bonds. The number of pyridine rings is 1. The predicted molar refractivity (Wildman–Crippen MR) is 86.9 cm³/mol. The van der Waals surface area contributed by atoms with Crippen LogP contribution in [0.3, 0.4) is 0 Å². The Morgan fingerprint density at radius 3 is 2.65 bits per heavy atom. The molecule has 0 bridgehead atoms. The van der Waals surface area contributed by atoms with Crippen LogP contribution in [0.15, 0.2) is 42.6 Å². The molecule has 0 atom stereocenters. The zero-order valence-corrected chi connectivity index (χ0v) is 13.1. The van der Waals surface area contributed by atoms with Gasteiger partial charge in [-0.15, -0.1) is 0 Å². The van der Waals surface area contributed by atoms with E-state index in [1.54, 1.807) is 24.4 Å². The van der Waals surface area contributed by atoms with Gasteiger partial charge in [-0.05, 0) is 43.2 Å². The first-order chi connectivity index (χ1) is 11.1. The van der Waals surface area contributed by atoms with Crippen LogP contribution in [-0.2, 0) is 13.0 Å². The van der Waals surface area contributed by atoms with Crippen LogP contribution in [0, 0.1) is 12.7 Å². The molecule has 0 aliphatic carbocycles. The van der Waals surface area contributed by atoms with Gasteiger partial charge < -0.3 is 9.72 Å². The van der Waals surface area contributed by atoms with Crippen molar-refractivity contribution < 1.29 is 9.18 Å². The molecule has 0 aliphatic rings. The molecular formula is C18H18FN3O. The standard InChI is InChI=1S/C18H18FN3O/c1-3-16-12(2)22-11-14(6-9-17(22)21-16)18(23)20-10-13-4-7-15(19)8-5-13/h4-9,11H,3,10H2,1-2H3,(H,20,23). The molecule has 2 heterocycles. The summed E-state index contributed by atoms with van der Waals surface area (Å²) in [6.45, 7) is 4.42. The lowest BCUT2D eigenvalue weighted by Gasteiger charge is -2.06. The molecule has 5 heteroatoms. The van der Waals surface area contributed by atoms with Gasteiger partial charge in [0.05, 0.1) is 11.3 Å². The van der Waals surface area contributed by atoms with Crippen molar-refractivity contribution in [2.45, 2.75) is 26.8 Å². The van der Waals surface area contributed by atoms with Gasteiger partial charge in [0.2, 0.25) is 0 Å². The van der Waals surface area contributed by atoms with E-state index in [4.69, 9.17) is 0 Å². The van der Waals surface area contributed by atoms with Gasteiger partial charge in [-0.2, -0.15) is 0 Å². The third kappa shape index (κ3) is 3.08. The highest BCUT2D eigenvalue weighted by Crippen LogP contribution is 2.14. The number of nitrogens with one attached hydrogen (secondary N) is 1. The third-order valence-electron chi connectivity index (χ3n) is 3.92. The summed E-state index contributed by atoms with van der Waals surface area (Å²) in [6, 6.07) is 9.70. The first-order valence-corrected chi connectivity index (χ1v) is 7.58.